The topological polar surface area (TPSA) is 28.2 Å². The first kappa shape index (κ1) is 14.0. The van der Waals surface area contributed by atoms with E-state index in [0.29, 0.717) is 18.0 Å². The van der Waals surface area contributed by atoms with Crippen LogP contribution < -0.4 is 5.32 Å². The van der Waals surface area contributed by atoms with Gasteiger partial charge in [0.1, 0.15) is 5.01 Å². The highest BCUT2D eigenvalue weighted by atomic mass is 32.1. The van der Waals surface area contributed by atoms with E-state index in [2.05, 4.69) is 43.4 Å². The summed E-state index contributed by atoms with van der Waals surface area (Å²) >= 11 is 1.82. The first-order valence-corrected chi connectivity index (χ1v) is 7.81. The van der Waals surface area contributed by atoms with Crippen LogP contribution in [0.15, 0.2) is 5.38 Å². The maximum atomic E-state index is 4.71. The van der Waals surface area contributed by atoms with E-state index in [-0.39, 0.29) is 0 Å². The van der Waals surface area contributed by atoms with E-state index in [1.54, 1.807) is 0 Å². The lowest BCUT2D eigenvalue weighted by Gasteiger charge is -2.38. The molecule has 0 bridgehead atoms. The van der Waals surface area contributed by atoms with Gasteiger partial charge in [0.25, 0.3) is 0 Å². The van der Waals surface area contributed by atoms with E-state index >= 15 is 0 Å². The van der Waals surface area contributed by atoms with E-state index in [4.69, 9.17) is 4.98 Å². The standard InChI is InChI=1S/C14H25N3S/c1-10(2)15-8-12-6-5-7-17(4)13(12)14-16-11(3)9-18-14/h9-10,12-13,15H,5-8H2,1-4H3. The smallest absolute Gasteiger partial charge is 0.110 e. The Morgan fingerprint density at radius 1 is 1.56 bits per heavy atom. The molecule has 3 nitrogen and oxygen atoms in total. The largest absolute Gasteiger partial charge is 0.314 e. The summed E-state index contributed by atoms with van der Waals surface area (Å²) in [6.07, 6.45) is 2.62. The van der Waals surface area contributed by atoms with Crippen molar-refractivity contribution in [3.05, 3.63) is 16.1 Å². The third-order valence-electron chi connectivity index (χ3n) is 3.69. The first-order chi connectivity index (χ1) is 8.58. The van der Waals surface area contributed by atoms with Crippen molar-refractivity contribution in [2.75, 3.05) is 20.1 Å². The van der Waals surface area contributed by atoms with Crippen LogP contribution in [0, 0.1) is 12.8 Å². The Bertz CT molecular complexity index is 375. The molecule has 102 valence electrons. The maximum absolute atomic E-state index is 4.71. The van der Waals surface area contributed by atoms with Gasteiger partial charge in [-0.1, -0.05) is 13.8 Å². The van der Waals surface area contributed by atoms with Gasteiger partial charge in [-0.3, -0.25) is 4.90 Å². The van der Waals surface area contributed by atoms with Gasteiger partial charge in [0.05, 0.1) is 6.04 Å². The second-order valence-corrected chi connectivity index (χ2v) is 6.61. The van der Waals surface area contributed by atoms with E-state index < -0.39 is 0 Å². The van der Waals surface area contributed by atoms with Crippen molar-refractivity contribution in [2.24, 2.45) is 5.92 Å². The molecule has 2 heterocycles. The van der Waals surface area contributed by atoms with Gasteiger partial charge in [-0.15, -0.1) is 11.3 Å². The molecule has 0 aromatic carbocycles. The summed E-state index contributed by atoms with van der Waals surface area (Å²) in [6, 6.07) is 1.07. The van der Waals surface area contributed by atoms with Crippen LogP contribution in [0.4, 0.5) is 0 Å². The molecule has 1 aliphatic rings. The summed E-state index contributed by atoms with van der Waals surface area (Å²) in [7, 11) is 2.24. The molecule has 1 aliphatic heterocycles. The Morgan fingerprint density at radius 3 is 2.94 bits per heavy atom. The van der Waals surface area contributed by atoms with Crippen LogP contribution in [0.1, 0.15) is 43.4 Å². The number of hydrogen-bond acceptors (Lipinski definition) is 4. The zero-order valence-electron chi connectivity index (χ0n) is 11.9. The molecule has 18 heavy (non-hydrogen) atoms. The van der Waals surface area contributed by atoms with Gasteiger partial charge in [-0.2, -0.15) is 0 Å². The molecule has 2 rings (SSSR count). The Kier molecular flexibility index (Phi) is 4.76. The lowest BCUT2D eigenvalue weighted by Crippen LogP contribution is -2.41. The van der Waals surface area contributed by atoms with E-state index in [0.717, 1.165) is 12.2 Å². The number of aromatic nitrogens is 1. The Labute approximate surface area is 115 Å². The molecule has 4 heteroatoms. The molecule has 1 fully saturated rings. The van der Waals surface area contributed by atoms with Crippen molar-refractivity contribution in [3.8, 4) is 0 Å². The Hall–Kier alpha value is -0.450. The van der Waals surface area contributed by atoms with Gasteiger partial charge in [0.15, 0.2) is 0 Å². The predicted molar refractivity (Wildman–Crippen MR) is 78.1 cm³/mol. The molecular weight excluding hydrogens is 242 g/mol. The number of nitrogens with one attached hydrogen (secondary N) is 1. The highest BCUT2D eigenvalue weighted by Crippen LogP contribution is 2.36. The van der Waals surface area contributed by atoms with E-state index in [1.165, 1.54) is 24.4 Å². The van der Waals surface area contributed by atoms with Crippen LogP contribution in [-0.4, -0.2) is 36.1 Å². The minimum Gasteiger partial charge on any atom is -0.314 e. The van der Waals surface area contributed by atoms with Gasteiger partial charge in [-0.05, 0) is 39.3 Å². The third kappa shape index (κ3) is 3.31. The van der Waals surface area contributed by atoms with Gasteiger partial charge in [-0.25, -0.2) is 4.98 Å². The lowest BCUT2D eigenvalue weighted by atomic mass is 9.89. The molecular formula is C14H25N3S. The zero-order chi connectivity index (χ0) is 13.1. The van der Waals surface area contributed by atoms with Crippen LogP contribution in [0.5, 0.6) is 0 Å². The zero-order valence-corrected chi connectivity index (χ0v) is 12.8. The van der Waals surface area contributed by atoms with E-state index in [1.807, 2.05) is 11.3 Å². The first-order valence-electron chi connectivity index (χ1n) is 6.93. The third-order valence-corrected chi connectivity index (χ3v) is 4.72. The summed E-state index contributed by atoms with van der Waals surface area (Å²) in [4.78, 5) is 7.19. The highest BCUT2D eigenvalue weighted by Gasteiger charge is 2.32. The molecule has 0 amide bonds. The Morgan fingerprint density at radius 2 is 2.33 bits per heavy atom. The normalized spacial score (nSPS) is 25.8. The monoisotopic (exact) mass is 267 g/mol. The molecule has 0 radical (unpaired) electrons. The van der Waals surface area contributed by atoms with Gasteiger partial charge in [0, 0.05) is 23.7 Å². The lowest BCUT2D eigenvalue weighted by molar-refractivity contribution is 0.118. The molecule has 0 spiro atoms. The van der Waals surface area contributed by atoms with Crippen LogP contribution >= 0.6 is 11.3 Å². The van der Waals surface area contributed by atoms with Crippen molar-refractivity contribution in [3.63, 3.8) is 0 Å². The summed E-state index contributed by atoms with van der Waals surface area (Å²) < 4.78 is 0. The number of nitrogens with zero attached hydrogens (tertiary/aromatic N) is 2. The highest BCUT2D eigenvalue weighted by molar-refractivity contribution is 7.09. The molecule has 0 aliphatic carbocycles. The summed E-state index contributed by atoms with van der Waals surface area (Å²) in [5, 5.41) is 7.06. The van der Waals surface area contributed by atoms with Crippen molar-refractivity contribution >= 4 is 11.3 Å². The molecule has 1 aromatic rings. The van der Waals surface area contributed by atoms with Crippen molar-refractivity contribution < 1.29 is 0 Å². The molecule has 1 saturated heterocycles. The number of thiazole rings is 1. The fourth-order valence-corrected chi connectivity index (χ4v) is 3.81. The van der Waals surface area contributed by atoms with Gasteiger partial charge < -0.3 is 5.32 Å². The molecule has 0 saturated carbocycles. The number of rotatable bonds is 4. The minimum absolute atomic E-state index is 0.503. The summed E-state index contributed by atoms with van der Waals surface area (Å²) in [5.41, 5.74) is 1.16. The van der Waals surface area contributed by atoms with Gasteiger partial charge in [0.2, 0.25) is 0 Å². The fourth-order valence-electron chi connectivity index (χ4n) is 2.76. The SMILES string of the molecule is Cc1csc(C2C(CNC(C)C)CCCN2C)n1. The van der Waals surface area contributed by atoms with E-state index in [9.17, 15) is 0 Å². The second-order valence-electron chi connectivity index (χ2n) is 5.72. The maximum Gasteiger partial charge on any atom is 0.110 e. The van der Waals surface area contributed by atoms with Crippen molar-refractivity contribution in [1.82, 2.24) is 15.2 Å². The predicted octanol–water partition coefficient (Wildman–Crippen LogP) is 2.83. The quantitative estimate of drug-likeness (QED) is 0.909. The number of aryl methyl sites for hydroxylation is 1. The minimum atomic E-state index is 0.503. The van der Waals surface area contributed by atoms with Crippen LogP contribution in [0.2, 0.25) is 0 Å². The Balaban J connectivity index is 2.10. The second kappa shape index (κ2) is 6.13. The van der Waals surface area contributed by atoms with Gasteiger partial charge >= 0.3 is 0 Å². The average Bonchev–Trinajstić information content (AvgIpc) is 2.72. The summed E-state index contributed by atoms with van der Waals surface area (Å²) in [5.74, 6) is 0.691. The summed E-state index contributed by atoms with van der Waals surface area (Å²) in [6.45, 7) is 8.82. The fraction of sp³-hybridized carbons (Fsp3) is 0.786. The molecule has 2 unspecified atom stereocenters. The molecule has 1 N–H and O–H groups in total. The number of hydrogen-bond donors (Lipinski definition) is 1. The van der Waals surface area contributed by atoms with Crippen molar-refractivity contribution in [2.45, 2.75) is 45.7 Å². The number of piperidine rings is 1. The van der Waals surface area contributed by atoms with Crippen molar-refractivity contribution in [1.29, 1.82) is 0 Å². The molecule has 2 atom stereocenters. The van der Waals surface area contributed by atoms with Crippen LogP contribution in [-0.2, 0) is 0 Å². The van der Waals surface area contributed by atoms with Crippen LogP contribution in [0.25, 0.3) is 0 Å². The number of likely N-dealkylation sites (tertiary alicyclic amines) is 1. The molecule has 1 aromatic heterocycles. The average molecular weight is 267 g/mol. The van der Waals surface area contributed by atoms with Crippen LogP contribution in [0.3, 0.4) is 0 Å².